The van der Waals surface area contributed by atoms with Gasteiger partial charge in [0, 0.05) is 24.4 Å². The van der Waals surface area contributed by atoms with E-state index in [1.165, 1.54) is 12.1 Å². The highest BCUT2D eigenvalue weighted by molar-refractivity contribution is 7.90. The molecule has 0 radical (unpaired) electrons. The number of hydrogen-bond donors (Lipinski definition) is 0. The largest absolute Gasteiger partial charge is 0.490 e. The van der Waals surface area contributed by atoms with Crippen molar-refractivity contribution in [2.75, 3.05) is 12.8 Å². The van der Waals surface area contributed by atoms with E-state index in [9.17, 15) is 13.2 Å². The van der Waals surface area contributed by atoms with E-state index in [0.29, 0.717) is 30.3 Å². The molecule has 0 atom stereocenters. The van der Waals surface area contributed by atoms with Crippen molar-refractivity contribution >= 4 is 27.3 Å². The minimum absolute atomic E-state index is 0.0995. The highest BCUT2D eigenvalue weighted by atomic mass is 35.5. The van der Waals surface area contributed by atoms with Gasteiger partial charge in [-0.3, -0.25) is 4.79 Å². The minimum atomic E-state index is -3.43. The van der Waals surface area contributed by atoms with Gasteiger partial charge < -0.3 is 9.64 Å². The number of rotatable bonds is 4. The fraction of sp³-hybridized carbons (Fsp3) is 0.350. The number of hydrogen-bond acceptors (Lipinski definition) is 4. The first kappa shape index (κ1) is 19.7. The molecule has 0 saturated heterocycles. The molecule has 0 aliphatic carbocycles. The quantitative estimate of drug-likeness (QED) is 0.774. The molecule has 0 N–H and O–H groups in total. The van der Waals surface area contributed by atoms with Gasteiger partial charge in [-0.2, -0.15) is 0 Å². The van der Waals surface area contributed by atoms with Crippen molar-refractivity contribution in [3.8, 4) is 5.75 Å². The molecule has 7 heteroatoms. The van der Waals surface area contributed by atoms with Crippen LogP contribution in [0.1, 0.15) is 35.3 Å². The lowest BCUT2D eigenvalue weighted by Gasteiger charge is -2.30. The van der Waals surface area contributed by atoms with E-state index >= 15 is 0 Å². The van der Waals surface area contributed by atoms with Crippen LogP contribution in [0.2, 0.25) is 5.02 Å². The molecule has 1 amide bonds. The molecule has 1 aliphatic rings. The number of amides is 1. The fourth-order valence-electron chi connectivity index (χ4n) is 3.17. The van der Waals surface area contributed by atoms with Crippen molar-refractivity contribution in [3.63, 3.8) is 0 Å². The number of ether oxygens (including phenoxy) is 1. The molecule has 0 saturated carbocycles. The molecule has 0 unspecified atom stereocenters. The maximum absolute atomic E-state index is 13.2. The number of benzene rings is 2. The van der Waals surface area contributed by atoms with Gasteiger partial charge in [0.25, 0.3) is 5.91 Å². The zero-order chi connectivity index (χ0) is 19.8. The summed E-state index contributed by atoms with van der Waals surface area (Å²) in [6.07, 6.45) is 1.65. The van der Waals surface area contributed by atoms with Crippen LogP contribution in [-0.4, -0.2) is 38.1 Å². The van der Waals surface area contributed by atoms with Gasteiger partial charge >= 0.3 is 0 Å². The average Bonchev–Trinajstić information content (AvgIpc) is 2.60. The lowest BCUT2D eigenvalue weighted by Crippen LogP contribution is -2.36. The monoisotopic (exact) mass is 407 g/mol. The van der Waals surface area contributed by atoms with Gasteiger partial charge in [-0.25, -0.2) is 8.42 Å². The SMILES string of the molecule is CC(C)Oc1ccc(S(C)(=O)=O)cc1C(=O)N1CCc2c(Cl)cccc2C1. The Labute approximate surface area is 164 Å². The molecule has 27 heavy (non-hydrogen) atoms. The number of carbonyl (C=O) groups is 1. The average molecular weight is 408 g/mol. The highest BCUT2D eigenvalue weighted by Crippen LogP contribution is 2.30. The minimum Gasteiger partial charge on any atom is -0.490 e. The third-order valence-corrected chi connectivity index (χ3v) is 5.93. The number of halogens is 1. The standard InChI is InChI=1S/C20H22ClNO4S/c1-13(2)26-19-8-7-15(27(3,24)25)11-17(19)20(23)22-10-9-16-14(12-22)5-4-6-18(16)21/h4-8,11,13H,9-10,12H2,1-3H3. The van der Waals surface area contributed by atoms with Crippen LogP contribution in [0.15, 0.2) is 41.3 Å². The summed E-state index contributed by atoms with van der Waals surface area (Å²) in [4.78, 5) is 15.0. The summed E-state index contributed by atoms with van der Waals surface area (Å²) in [6, 6.07) is 10.1. The van der Waals surface area contributed by atoms with E-state index < -0.39 is 9.84 Å². The van der Waals surface area contributed by atoms with Crippen LogP contribution in [0.5, 0.6) is 5.75 Å². The Morgan fingerprint density at radius 1 is 1.22 bits per heavy atom. The molecule has 5 nitrogen and oxygen atoms in total. The van der Waals surface area contributed by atoms with Gasteiger partial charge in [0.1, 0.15) is 5.75 Å². The molecular formula is C20H22ClNO4S. The number of carbonyl (C=O) groups excluding carboxylic acids is 1. The predicted molar refractivity (Wildman–Crippen MR) is 105 cm³/mol. The van der Waals surface area contributed by atoms with E-state index in [-0.39, 0.29) is 22.5 Å². The van der Waals surface area contributed by atoms with Crippen LogP contribution in [0.25, 0.3) is 0 Å². The maximum Gasteiger partial charge on any atom is 0.257 e. The summed E-state index contributed by atoms with van der Waals surface area (Å²) >= 11 is 6.25. The summed E-state index contributed by atoms with van der Waals surface area (Å²) in [7, 11) is -3.43. The topological polar surface area (TPSA) is 63.7 Å². The Kier molecular flexibility index (Phi) is 5.49. The van der Waals surface area contributed by atoms with E-state index in [4.69, 9.17) is 16.3 Å². The Morgan fingerprint density at radius 2 is 1.96 bits per heavy atom. The van der Waals surface area contributed by atoms with E-state index in [2.05, 4.69) is 0 Å². The van der Waals surface area contributed by atoms with Gasteiger partial charge in [-0.1, -0.05) is 23.7 Å². The number of fused-ring (bicyclic) bond motifs is 1. The molecule has 1 aliphatic heterocycles. The number of sulfone groups is 1. The Bertz CT molecular complexity index is 985. The van der Waals surface area contributed by atoms with Crippen molar-refractivity contribution in [3.05, 3.63) is 58.1 Å². The number of nitrogens with zero attached hydrogens (tertiary/aromatic N) is 1. The highest BCUT2D eigenvalue weighted by Gasteiger charge is 2.26. The lowest BCUT2D eigenvalue weighted by atomic mass is 9.99. The summed E-state index contributed by atoms with van der Waals surface area (Å²) in [6.45, 7) is 4.66. The van der Waals surface area contributed by atoms with Crippen molar-refractivity contribution in [1.29, 1.82) is 0 Å². The van der Waals surface area contributed by atoms with Crippen molar-refractivity contribution in [1.82, 2.24) is 4.90 Å². The molecule has 0 aromatic heterocycles. The van der Waals surface area contributed by atoms with E-state index in [0.717, 1.165) is 17.4 Å². The molecule has 0 spiro atoms. The van der Waals surface area contributed by atoms with Crippen molar-refractivity contribution < 1.29 is 17.9 Å². The van der Waals surface area contributed by atoms with Crippen LogP contribution in [0, 0.1) is 0 Å². The van der Waals surface area contributed by atoms with E-state index in [1.54, 1.807) is 11.0 Å². The van der Waals surface area contributed by atoms with Gasteiger partial charge in [-0.15, -0.1) is 0 Å². The zero-order valence-corrected chi connectivity index (χ0v) is 17.1. The van der Waals surface area contributed by atoms with Crippen LogP contribution in [-0.2, 0) is 22.8 Å². The first-order valence-corrected chi connectivity index (χ1v) is 11.0. The molecule has 1 heterocycles. The van der Waals surface area contributed by atoms with E-state index in [1.807, 2.05) is 32.0 Å². The first-order valence-electron chi connectivity index (χ1n) is 8.73. The van der Waals surface area contributed by atoms with Gasteiger partial charge in [0.15, 0.2) is 9.84 Å². The summed E-state index contributed by atoms with van der Waals surface area (Å²) in [5, 5.41) is 0.711. The molecular weight excluding hydrogens is 386 g/mol. The fourth-order valence-corrected chi connectivity index (χ4v) is 4.11. The maximum atomic E-state index is 13.2. The van der Waals surface area contributed by atoms with Gasteiger partial charge in [-0.05, 0) is 55.7 Å². The Balaban J connectivity index is 1.98. The van der Waals surface area contributed by atoms with Crippen LogP contribution in [0.4, 0.5) is 0 Å². The van der Waals surface area contributed by atoms with Gasteiger partial charge in [0.2, 0.25) is 0 Å². The zero-order valence-electron chi connectivity index (χ0n) is 15.5. The normalized spacial score (nSPS) is 14.2. The van der Waals surface area contributed by atoms with Gasteiger partial charge in [0.05, 0.1) is 16.6 Å². The van der Waals surface area contributed by atoms with Crippen LogP contribution in [0.3, 0.4) is 0 Å². The van der Waals surface area contributed by atoms with Crippen molar-refractivity contribution in [2.45, 2.75) is 37.8 Å². The second kappa shape index (κ2) is 7.52. The first-order chi connectivity index (χ1) is 12.7. The second-order valence-electron chi connectivity index (χ2n) is 6.95. The smallest absolute Gasteiger partial charge is 0.257 e. The summed E-state index contributed by atoms with van der Waals surface area (Å²) in [5.41, 5.74) is 2.33. The Morgan fingerprint density at radius 3 is 2.63 bits per heavy atom. The summed E-state index contributed by atoms with van der Waals surface area (Å²) < 4.78 is 29.6. The molecule has 3 rings (SSSR count). The third kappa shape index (κ3) is 4.28. The molecule has 144 valence electrons. The summed E-state index contributed by atoms with van der Waals surface area (Å²) in [5.74, 6) is 0.140. The Hall–Kier alpha value is -2.05. The second-order valence-corrected chi connectivity index (χ2v) is 9.37. The molecule has 0 fully saturated rings. The third-order valence-electron chi connectivity index (χ3n) is 4.47. The molecule has 2 aromatic carbocycles. The predicted octanol–water partition coefficient (Wildman–Crippen LogP) is 3.73. The van der Waals surface area contributed by atoms with Crippen LogP contribution >= 0.6 is 11.6 Å². The molecule has 2 aromatic rings. The van der Waals surface area contributed by atoms with Crippen LogP contribution < -0.4 is 4.74 Å². The lowest BCUT2D eigenvalue weighted by molar-refractivity contribution is 0.0728. The van der Waals surface area contributed by atoms with Crippen molar-refractivity contribution in [2.24, 2.45) is 0 Å². The molecule has 0 bridgehead atoms.